The predicted molar refractivity (Wildman–Crippen MR) is 117 cm³/mol. The molecule has 2 fully saturated rings. The summed E-state index contributed by atoms with van der Waals surface area (Å²) >= 11 is 3.47. The van der Waals surface area contributed by atoms with E-state index in [0.717, 1.165) is 59.9 Å². The molecule has 0 bridgehead atoms. The summed E-state index contributed by atoms with van der Waals surface area (Å²) in [4.78, 5) is 27.0. The van der Waals surface area contributed by atoms with E-state index >= 15 is 0 Å². The highest BCUT2D eigenvalue weighted by Crippen LogP contribution is 2.45. The Bertz CT molecular complexity index is 909. The Balaban J connectivity index is 1.48. The number of nitrogens with two attached hydrogens (primary N) is 1. The van der Waals surface area contributed by atoms with Crippen molar-refractivity contribution >= 4 is 33.4 Å². The minimum absolute atomic E-state index is 0.0550. The van der Waals surface area contributed by atoms with E-state index in [0.29, 0.717) is 6.54 Å². The molecule has 1 saturated carbocycles. The highest BCUT2D eigenvalue weighted by molar-refractivity contribution is 9.10. The maximum absolute atomic E-state index is 13.2. The van der Waals surface area contributed by atoms with Crippen LogP contribution in [-0.4, -0.2) is 29.3 Å². The maximum Gasteiger partial charge on any atom is 0.235 e. The number of nitrogens with one attached hydrogen (secondary N) is 1. The zero-order valence-electron chi connectivity index (χ0n) is 16.4. The van der Waals surface area contributed by atoms with Crippen LogP contribution in [0.5, 0.6) is 0 Å². The summed E-state index contributed by atoms with van der Waals surface area (Å²) in [5.41, 5.74) is 8.03. The molecule has 3 N–H and O–H groups in total. The molecule has 2 aromatic rings. The minimum atomic E-state index is -0.442. The van der Waals surface area contributed by atoms with E-state index < -0.39 is 5.41 Å². The highest BCUT2D eigenvalue weighted by atomic mass is 79.9. The number of carbonyl (C=O) groups is 2. The van der Waals surface area contributed by atoms with Gasteiger partial charge in [0.25, 0.3) is 0 Å². The maximum atomic E-state index is 13.2. The van der Waals surface area contributed by atoms with Crippen LogP contribution in [0.1, 0.15) is 43.2 Å². The topological polar surface area (TPSA) is 75.4 Å². The van der Waals surface area contributed by atoms with Crippen LogP contribution in [0.25, 0.3) is 0 Å². The van der Waals surface area contributed by atoms with Gasteiger partial charge in [-0.3, -0.25) is 14.5 Å². The lowest BCUT2D eigenvalue weighted by molar-refractivity contribution is -0.124. The largest absolute Gasteiger partial charge is 0.368 e. The van der Waals surface area contributed by atoms with Crippen molar-refractivity contribution in [1.82, 2.24) is 4.90 Å². The average molecular weight is 456 g/mol. The SMILES string of the molecule is NC(=O)C1CCCN1Cc1cccc(NC(=O)C2(c3ccc(Br)cc3)CCC2)c1. The summed E-state index contributed by atoms with van der Waals surface area (Å²) in [6.07, 6.45) is 4.61. The standard InChI is InChI=1S/C23H26BrN3O2/c24-18-9-7-17(8-10-18)23(11-3-12-23)22(29)26-19-5-1-4-16(14-19)15-27-13-2-6-20(27)21(25)28/h1,4-5,7-10,14,20H,2-3,6,11-13,15H2,(H2,25,28)(H,26,29). The summed E-state index contributed by atoms with van der Waals surface area (Å²) in [5.74, 6) is -0.201. The van der Waals surface area contributed by atoms with Gasteiger partial charge < -0.3 is 11.1 Å². The van der Waals surface area contributed by atoms with E-state index in [-0.39, 0.29) is 17.9 Å². The molecular formula is C23H26BrN3O2. The fraction of sp³-hybridized carbons (Fsp3) is 0.391. The molecule has 2 amide bonds. The second kappa shape index (κ2) is 8.28. The Morgan fingerprint density at radius 3 is 2.55 bits per heavy atom. The second-order valence-corrected chi connectivity index (χ2v) is 9.04. The number of benzene rings is 2. The first-order valence-electron chi connectivity index (χ1n) is 10.2. The lowest BCUT2D eigenvalue weighted by Gasteiger charge is -2.40. The van der Waals surface area contributed by atoms with Gasteiger partial charge in [0.05, 0.1) is 11.5 Å². The second-order valence-electron chi connectivity index (χ2n) is 8.13. The molecule has 1 saturated heterocycles. The van der Waals surface area contributed by atoms with Gasteiger partial charge in [-0.2, -0.15) is 0 Å². The van der Waals surface area contributed by atoms with Gasteiger partial charge in [-0.1, -0.05) is 46.6 Å². The summed E-state index contributed by atoms with van der Waals surface area (Å²) in [6.45, 7) is 1.53. The molecule has 1 heterocycles. The number of carbonyl (C=O) groups excluding carboxylic acids is 2. The first-order chi connectivity index (χ1) is 14.0. The van der Waals surface area contributed by atoms with Crippen LogP contribution < -0.4 is 11.1 Å². The summed E-state index contributed by atoms with van der Waals surface area (Å²) in [6, 6.07) is 15.8. The Kier molecular flexibility index (Phi) is 5.74. The summed E-state index contributed by atoms with van der Waals surface area (Å²) < 4.78 is 1.01. The number of primary amides is 1. The van der Waals surface area contributed by atoms with E-state index in [1.54, 1.807) is 0 Å². The summed E-state index contributed by atoms with van der Waals surface area (Å²) in [5, 5.41) is 3.14. The van der Waals surface area contributed by atoms with Crippen LogP contribution in [0, 0.1) is 0 Å². The van der Waals surface area contributed by atoms with Crippen LogP contribution in [0.2, 0.25) is 0 Å². The van der Waals surface area contributed by atoms with Gasteiger partial charge >= 0.3 is 0 Å². The zero-order valence-corrected chi connectivity index (χ0v) is 18.0. The third-order valence-electron chi connectivity index (χ3n) is 6.30. The molecule has 5 nitrogen and oxygen atoms in total. The van der Waals surface area contributed by atoms with E-state index in [9.17, 15) is 9.59 Å². The van der Waals surface area contributed by atoms with Crippen LogP contribution >= 0.6 is 15.9 Å². The molecule has 1 aliphatic carbocycles. The molecular weight excluding hydrogens is 430 g/mol. The van der Waals surface area contributed by atoms with Gasteiger partial charge in [-0.05, 0) is 67.6 Å². The third-order valence-corrected chi connectivity index (χ3v) is 6.83. The molecule has 0 aromatic heterocycles. The molecule has 29 heavy (non-hydrogen) atoms. The number of rotatable bonds is 6. The van der Waals surface area contributed by atoms with Crippen molar-refractivity contribution in [3.05, 3.63) is 64.1 Å². The van der Waals surface area contributed by atoms with Gasteiger partial charge in [-0.25, -0.2) is 0 Å². The Labute approximate surface area is 179 Å². The number of halogens is 1. The van der Waals surface area contributed by atoms with E-state index in [1.165, 1.54) is 0 Å². The number of anilines is 1. The van der Waals surface area contributed by atoms with E-state index in [4.69, 9.17) is 5.73 Å². The molecule has 1 atom stereocenters. The van der Waals surface area contributed by atoms with Gasteiger partial charge in [0.15, 0.2) is 0 Å². The summed E-state index contributed by atoms with van der Waals surface area (Å²) in [7, 11) is 0. The molecule has 4 rings (SSSR count). The van der Waals surface area contributed by atoms with E-state index in [2.05, 4.69) is 26.1 Å². The van der Waals surface area contributed by atoms with Gasteiger partial charge in [0.1, 0.15) is 0 Å². The lowest BCUT2D eigenvalue weighted by Crippen LogP contribution is -2.46. The Morgan fingerprint density at radius 1 is 1.14 bits per heavy atom. The van der Waals surface area contributed by atoms with Crippen molar-refractivity contribution < 1.29 is 9.59 Å². The van der Waals surface area contributed by atoms with Crippen molar-refractivity contribution in [2.75, 3.05) is 11.9 Å². The molecule has 2 aliphatic rings. The normalized spacial score (nSPS) is 20.8. The van der Waals surface area contributed by atoms with Gasteiger partial charge in [-0.15, -0.1) is 0 Å². The predicted octanol–water partition coefficient (Wildman–Crippen LogP) is 3.96. The first-order valence-corrected chi connectivity index (χ1v) is 11.0. The minimum Gasteiger partial charge on any atom is -0.368 e. The van der Waals surface area contributed by atoms with Crippen LogP contribution in [0.3, 0.4) is 0 Å². The fourth-order valence-corrected chi connectivity index (χ4v) is 4.78. The van der Waals surface area contributed by atoms with Crippen molar-refractivity contribution in [3.8, 4) is 0 Å². The van der Waals surface area contributed by atoms with Gasteiger partial charge in [0.2, 0.25) is 11.8 Å². The average Bonchev–Trinajstić information content (AvgIpc) is 3.11. The molecule has 152 valence electrons. The molecule has 6 heteroatoms. The van der Waals surface area contributed by atoms with Crippen molar-refractivity contribution in [3.63, 3.8) is 0 Å². The van der Waals surface area contributed by atoms with Crippen molar-refractivity contribution in [2.24, 2.45) is 5.73 Å². The molecule has 1 unspecified atom stereocenters. The molecule has 0 radical (unpaired) electrons. The Hall–Kier alpha value is -2.18. The lowest BCUT2D eigenvalue weighted by atomic mass is 9.64. The third kappa shape index (κ3) is 4.09. The first kappa shape index (κ1) is 20.1. The molecule has 1 aliphatic heterocycles. The molecule has 2 aromatic carbocycles. The quantitative estimate of drug-likeness (QED) is 0.691. The number of nitrogens with zero attached hydrogens (tertiary/aromatic N) is 1. The van der Waals surface area contributed by atoms with Crippen LogP contribution in [0.4, 0.5) is 5.69 Å². The van der Waals surface area contributed by atoms with Crippen molar-refractivity contribution in [1.29, 1.82) is 0 Å². The van der Waals surface area contributed by atoms with Gasteiger partial charge in [0, 0.05) is 16.7 Å². The Morgan fingerprint density at radius 2 is 1.90 bits per heavy atom. The highest BCUT2D eigenvalue weighted by Gasteiger charge is 2.45. The fourth-order valence-electron chi connectivity index (χ4n) is 4.52. The van der Waals surface area contributed by atoms with Crippen molar-refractivity contribution in [2.45, 2.75) is 50.1 Å². The number of hydrogen-bond donors (Lipinski definition) is 2. The number of amides is 2. The van der Waals surface area contributed by atoms with Crippen LogP contribution in [0.15, 0.2) is 53.0 Å². The number of likely N-dealkylation sites (tertiary alicyclic amines) is 1. The van der Waals surface area contributed by atoms with Crippen LogP contribution in [-0.2, 0) is 21.5 Å². The number of hydrogen-bond acceptors (Lipinski definition) is 3. The van der Waals surface area contributed by atoms with E-state index in [1.807, 2.05) is 48.5 Å². The zero-order chi connectivity index (χ0) is 20.4. The monoisotopic (exact) mass is 455 g/mol. The molecule has 0 spiro atoms. The smallest absolute Gasteiger partial charge is 0.235 e.